The van der Waals surface area contributed by atoms with E-state index in [1.165, 1.54) is 5.56 Å². The van der Waals surface area contributed by atoms with Crippen LogP contribution in [0.15, 0.2) is 78.9 Å². The molecular weight excluding hydrogens is 332 g/mol. The van der Waals surface area contributed by atoms with Gasteiger partial charge in [0.25, 0.3) is 0 Å². The van der Waals surface area contributed by atoms with Gasteiger partial charge in [-0.05, 0) is 42.8 Å². The minimum Gasteiger partial charge on any atom is -0.492 e. The molecule has 0 saturated carbocycles. The van der Waals surface area contributed by atoms with Gasteiger partial charge >= 0.3 is 0 Å². The van der Waals surface area contributed by atoms with Crippen molar-refractivity contribution in [3.63, 3.8) is 0 Å². The van der Waals surface area contributed by atoms with Gasteiger partial charge in [0, 0.05) is 0 Å². The molecule has 134 valence electrons. The van der Waals surface area contributed by atoms with Gasteiger partial charge < -0.3 is 9.30 Å². The molecule has 0 atom stereocenters. The van der Waals surface area contributed by atoms with Crippen molar-refractivity contribution in [3.05, 3.63) is 95.8 Å². The van der Waals surface area contributed by atoms with Gasteiger partial charge in [-0.2, -0.15) is 0 Å². The van der Waals surface area contributed by atoms with E-state index < -0.39 is 0 Å². The molecule has 0 aliphatic carbocycles. The van der Waals surface area contributed by atoms with Gasteiger partial charge in [-0.3, -0.25) is 0 Å². The molecule has 0 amide bonds. The van der Waals surface area contributed by atoms with E-state index in [2.05, 4.69) is 54.0 Å². The summed E-state index contributed by atoms with van der Waals surface area (Å²) >= 11 is 0. The number of nitrogens with zero attached hydrogens (tertiary/aromatic N) is 2. The summed E-state index contributed by atoms with van der Waals surface area (Å²) in [5, 5.41) is 0. The molecule has 0 bridgehead atoms. The van der Waals surface area contributed by atoms with Gasteiger partial charge in [-0.15, -0.1) is 0 Å². The number of aryl methyl sites for hydroxylation is 1. The fourth-order valence-corrected chi connectivity index (χ4v) is 3.08. The van der Waals surface area contributed by atoms with E-state index in [4.69, 9.17) is 9.72 Å². The fourth-order valence-electron chi connectivity index (χ4n) is 3.08. The third-order valence-electron chi connectivity index (χ3n) is 4.51. The fraction of sp³-hybridized carbons (Fsp3) is 0.125. The first kappa shape index (κ1) is 17.1. The van der Waals surface area contributed by atoms with Crippen molar-refractivity contribution in [2.75, 3.05) is 6.61 Å². The van der Waals surface area contributed by atoms with Crippen LogP contribution in [0.2, 0.25) is 0 Å². The maximum Gasteiger partial charge on any atom is 0.133 e. The number of para-hydroxylation sites is 2. The summed E-state index contributed by atoms with van der Waals surface area (Å²) in [6.45, 7) is 3.41. The second-order valence-corrected chi connectivity index (χ2v) is 6.52. The first-order valence-corrected chi connectivity index (χ1v) is 9.17. The average molecular weight is 354 g/mol. The smallest absolute Gasteiger partial charge is 0.133 e. The molecule has 3 nitrogen and oxygen atoms in total. The highest BCUT2D eigenvalue weighted by Crippen LogP contribution is 2.19. The molecule has 4 aromatic rings. The van der Waals surface area contributed by atoms with E-state index >= 15 is 0 Å². The number of imidazole rings is 1. The topological polar surface area (TPSA) is 27.1 Å². The second-order valence-electron chi connectivity index (χ2n) is 6.52. The maximum atomic E-state index is 5.93. The molecule has 0 aliphatic heterocycles. The molecule has 0 saturated heterocycles. The van der Waals surface area contributed by atoms with E-state index in [0.717, 1.165) is 34.7 Å². The molecular formula is C24H22N2O. The molecule has 0 fully saturated rings. The van der Waals surface area contributed by atoms with Crippen molar-refractivity contribution in [2.24, 2.45) is 0 Å². The molecule has 0 radical (unpaired) electrons. The summed E-state index contributed by atoms with van der Waals surface area (Å²) in [4.78, 5) is 4.79. The highest BCUT2D eigenvalue weighted by molar-refractivity contribution is 5.79. The molecule has 3 heteroatoms. The van der Waals surface area contributed by atoms with Crippen molar-refractivity contribution in [2.45, 2.75) is 13.5 Å². The summed E-state index contributed by atoms with van der Waals surface area (Å²) in [6, 6.07) is 26.7. The van der Waals surface area contributed by atoms with Crippen molar-refractivity contribution in [1.29, 1.82) is 0 Å². The van der Waals surface area contributed by atoms with Crippen molar-refractivity contribution in [1.82, 2.24) is 9.55 Å². The van der Waals surface area contributed by atoms with Gasteiger partial charge in [0.15, 0.2) is 0 Å². The Morgan fingerprint density at radius 2 is 1.59 bits per heavy atom. The third kappa shape index (κ3) is 4.09. The zero-order chi connectivity index (χ0) is 18.5. The highest BCUT2D eigenvalue weighted by Gasteiger charge is 2.08. The van der Waals surface area contributed by atoms with Crippen LogP contribution in [-0.2, 0) is 6.54 Å². The van der Waals surface area contributed by atoms with Gasteiger partial charge in [0.1, 0.15) is 18.2 Å². The quantitative estimate of drug-likeness (QED) is 0.451. The number of aromatic nitrogens is 2. The molecule has 0 unspecified atom stereocenters. The first-order chi connectivity index (χ1) is 13.3. The number of fused-ring (bicyclic) bond motifs is 1. The Kier molecular flexibility index (Phi) is 5.01. The number of hydrogen-bond acceptors (Lipinski definition) is 2. The summed E-state index contributed by atoms with van der Waals surface area (Å²) in [5.41, 5.74) is 4.52. The van der Waals surface area contributed by atoms with Gasteiger partial charge in [-0.1, -0.05) is 66.2 Å². The Bertz CT molecular complexity index is 1050. The zero-order valence-electron chi connectivity index (χ0n) is 15.4. The molecule has 1 heterocycles. The summed E-state index contributed by atoms with van der Waals surface area (Å²) in [5.74, 6) is 1.83. The van der Waals surface area contributed by atoms with Crippen LogP contribution in [0.4, 0.5) is 0 Å². The maximum absolute atomic E-state index is 5.93. The van der Waals surface area contributed by atoms with E-state index in [0.29, 0.717) is 6.61 Å². The minimum atomic E-state index is 0.593. The Balaban J connectivity index is 1.56. The SMILES string of the molecule is Cc1ccc(OCCn2c(/C=C/c3ccccc3)nc3ccccc32)cc1. The monoisotopic (exact) mass is 354 g/mol. The third-order valence-corrected chi connectivity index (χ3v) is 4.51. The normalized spacial score (nSPS) is 11.3. The van der Waals surface area contributed by atoms with E-state index in [1.807, 2.05) is 48.5 Å². The van der Waals surface area contributed by atoms with Crippen LogP contribution >= 0.6 is 0 Å². The van der Waals surface area contributed by atoms with E-state index in [9.17, 15) is 0 Å². The second kappa shape index (κ2) is 7.92. The Hall–Kier alpha value is -3.33. The van der Waals surface area contributed by atoms with E-state index in [-0.39, 0.29) is 0 Å². The van der Waals surface area contributed by atoms with Crippen LogP contribution in [0.25, 0.3) is 23.2 Å². The molecule has 1 aromatic heterocycles. The highest BCUT2D eigenvalue weighted by atomic mass is 16.5. The van der Waals surface area contributed by atoms with E-state index in [1.54, 1.807) is 0 Å². The molecule has 4 rings (SSSR count). The lowest BCUT2D eigenvalue weighted by atomic mass is 10.2. The number of benzene rings is 3. The number of rotatable bonds is 6. The number of ether oxygens (including phenoxy) is 1. The summed E-state index contributed by atoms with van der Waals surface area (Å²) in [6.07, 6.45) is 4.17. The standard InChI is InChI=1S/C24H22N2O/c1-19-11-14-21(15-12-19)27-18-17-26-23-10-6-5-9-22(23)25-24(26)16-13-20-7-3-2-4-8-20/h2-16H,17-18H2,1H3/b16-13+. The summed E-state index contributed by atoms with van der Waals surface area (Å²) in [7, 11) is 0. The first-order valence-electron chi connectivity index (χ1n) is 9.17. The van der Waals surface area contributed by atoms with Gasteiger partial charge in [0.05, 0.1) is 17.6 Å². The minimum absolute atomic E-state index is 0.593. The van der Waals surface area contributed by atoms with Crippen LogP contribution in [-0.4, -0.2) is 16.2 Å². The van der Waals surface area contributed by atoms with Crippen LogP contribution in [0.1, 0.15) is 17.0 Å². The molecule has 0 spiro atoms. The van der Waals surface area contributed by atoms with Crippen molar-refractivity contribution >= 4 is 23.2 Å². The Morgan fingerprint density at radius 3 is 2.41 bits per heavy atom. The average Bonchev–Trinajstić information content (AvgIpc) is 3.06. The Morgan fingerprint density at radius 1 is 0.852 bits per heavy atom. The van der Waals surface area contributed by atoms with Crippen LogP contribution in [0, 0.1) is 6.92 Å². The molecule has 3 aromatic carbocycles. The van der Waals surface area contributed by atoms with Crippen LogP contribution < -0.4 is 4.74 Å². The predicted molar refractivity (Wildman–Crippen MR) is 112 cm³/mol. The lowest BCUT2D eigenvalue weighted by Crippen LogP contribution is -2.09. The van der Waals surface area contributed by atoms with Crippen molar-refractivity contribution < 1.29 is 4.74 Å². The zero-order valence-corrected chi connectivity index (χ0v) is 15.4. The molecule has 0 N–H and O–H groups in total. The summed E-state index contributed by atoms with van der Waals surface area (Å²) < 4.78 is 8.14. The lowest BCUT2D eigenvalue weighted by Gasteiger charge is -2.10. The van der Waals surface area contributed by atoms with Crippen LogP contribution in [0.3, 0.4) is 0 Å². The van der Waals surface area contributed by atoms with Crippen molar-refractivity contribution in [3.8, 4) is 5.75 Å². The van der Waals surface area contributed by atoms with Gasteiger partial charge in [-0.25, -0.2) is 4.98 Å². The lowest BCUT2D eigenvalue weighted by molar-refractivity contribution is 0.299. The molecule has 27 heavy (non-hydrogen) atoms. The van der Waals surface area contributed by atoms with Gasteiger partial charge in [0.2, 0.25) is 0 Å². The largest absolute Gasteiger partial charge is 0.492 e. The van der Waals surface area contributed by atoms with Crippen LogP contribution in [0.5, 0.6) is 5.75 Å². The Labute approximate surface area is 159 Å². The predicted octanol–water partition coefficient (Wildman–Crippen LogP) is 5.59. The number of hydrogen-bond donors (Lipinski definition) is 0. The molecule has 0 aliphatic rings.